The van der Waals surface area contributed by atoms with Gasteiger partial charge in [0.05, 0.1) is 5.69 Å². The van der Waals surface area contributed by atoms with Crippen molar-refractivity contribution in [3.05, 3.63) is 64.5 Å². The third-order valence-electron chi connectivity index (χ3n) is 5.45. The van der Waals surface area contributed by atoms with Gasteiger partial charge >= 0.3 is 0 Å². The smallest absolute Gasteiger partial charge is 0.264 e. The first-order chi connectivity index (χ1) is 14.4. The number of fused-ring (bicyclic) bond motifs is 1. The maximum absolute atomic E-state index is 12.4. The number of rotatable bonds is 5. The number of carbonyl (C=O) groups is 1. The number of anilines is 1. The van der Waals surface area contributed by atoms with Gasteiger partial charge in [-0.15, -0.1) is 11.3 Å². The summed E-state index contributed by atoms with van der Waals surface area (Å²) in [4.78, 5) is 17.0. The highest BCUT2D eigenvalue weighted by Crippen LogP contribution is 2.31. The normalized spacial score (nSPS) is 13.6. The molecule has 30 heavy (non-hydrogen) atoms. The summed E-state index contributed by atoms with van der Waals surface area (Å²) in [6, 6.07) is 14.5. The van der Waals surface area contributed by atoms with Gasteiger partial charge < -0.3 is 4.74 Å². The number of hydrogen-bond donors (Lipinski definition) is 1. The lowest BCUT2D eigenvalue weighted by atomic mass is 9.86. The van der Waals surface area contributed by atoms with E-state index in [0.717, 1.165) is 29.0 Å². The van der Waals surface area contributed by atoms with Crippen LogP contribution in [0.2, 0.25) is 0 Å². The van der Waals surface area contributed by atoms with Crippen molar-refractivity contribution in [2.75, 3.05) is 11.9 Å². The van der Waals surface area contributed by atoms with E-state index in [1.807, 2.05) is 29.6 Å². The van der Waals surface area contributed by atoms with Crippen molar-refractivity contribution in [2.45, 2.75) is 51.9 Å². The van der Waals surface area contributed by atoms with E-state index in [2.05, 4.69) is 49.3 Å². The lowest BCUT2D eigenvalue weighted by Crippen LogP contribution is -2.21. The molecule has 1 N–H and O–H groups in total. The second kappa shape index (κ2) is 8.60. The van der Waals surface area contributed by atoms with Crippen LogP contribution in [0.4, 0.5) is 5.13 Å². The predicted octanol–water partition coefficient (Wildman–Crippen LogP) is 6.00. The van der Waals surface area contributed by atoms with Crippen LogP contribution in [0, 0.1) is 0 Å². The average molecular weight is 421 g/mol. The second-order valence-corrected chi connectivity index (χ2v) is 9.67. The molecule has 0 radical (unpaired) electrons. The minimum atomic E-state index is -0.204. The van der Waals surface area contributed by atoms with Crippen molar-refractivity contribution in [3.63, 3.8) is 0 Å². The topological polar surface area (TPSA) is 51.2 Å². The van der Waals surface area contributed by atoms with Gasteiger partial charge in [0, 0.05) is 10.9 Å². The molecule has 0 atom stereocenters. The Morgan fingerprint density at radius 3 is 2.67 bits per heavy atom. The number of aromatic nitrogens is 1. The molecule has 0 saturated heterocycles. The number of nitrogens with one attached hydrogen (secondary N) is 1. The second-order valence-electron chi connectivity index (χ2n) is 8.81. The van der Waals surface area contributed by atoms with Crippen LogP contribution in [-0.2, 0) is 23.1 Å². The molecule has 0 unspecified atom stereocenters. The third kappa shape index (κ3) is 4.73. The average Bonchev–Trinajstić information content (AvgIpc) is 3.20. The van der Waals surface area contributed by atoms with E-state index in [0.29, 0.717) is 5.13 Å². The van der Waals surface area contributed by atoms with E-state index >= 15 is 0 Å². The van der Waals surface area contributed by atoms with Crippen molar-refractivity contribution >= 4 is 22.4 Å². The molecule has 1 aromatic heterocycles. The summed E-state index contributed by atoms with van der Waals surface area (Å²) in [6.07, 6.45) is 4.85. The zero-order valence-electron chi connectivity index (χ0n) is 17.8. The number of ether oxygens (including phenoxy) is 1. The number of carbonyl (C=O) groups excluding carboxylic acids is 1. The zero-order chi connectivity index (χ0) is 21.1. The fraction of sp³-hybridized carbons (Fsp3) is 0.360. The van der Waals surface area contributed by atoms with Crippen molar-refractivity contribution < 1.29 is 9.53 Å². The number of aryl methyl sites for hydroxylation is 2. The van der Waals surface area contributed by atoms with Crippen molar-refractivity contribution in [2.24, 2.45) is 0 Å². The molecule has 0 aliphatic heterocycles. The van der Waals surface area contributed by atoms with Crippen molar-refractivity contribution in [1.82, 2.24) is 4.98 Å². The molecular formula is C25H28N2O2S. The molecule has 5 heteroatoms. The Morgan fingerprint density at radius 1 is 1.10 bits per heavy atom. The van der Waals surface area contributed by atoms with E-state index in [4.69, 9.17) is 4.74 Å². The molecule has 3 aromatic rings. The molecule has 0 saturated carbocycles. The highest BCUT2D eigenvalue weighted by molar-refractivity contribution is 7.14. The monoisotopic (exact) mass is 420 g/mol. The molecule has 0 bridgehead atoms. The zero-order valence-corrected chi connectivity index (χ0v) is 18.6. The van der Waals surface area contributed by atoms with Gasteiger partial charge in [0.2, 0.25) is 0 Å². The van der Waals surface area contributed by atoms with Gasteiger partial charge in [-0.1, -0.05) is 51.1 Å². The van der Waals surface area contributed by atoms with E-state index in [1.54, 1.807) is 0 Å². The van der Waals surface area contributed by atoms with Crippen LogP contribution >= 0.6 is 11.3 Å². The fourth-order valence-corrected chi connectivity index (χ4v) is 4.60. The van der Waals surface area contributed by atoms with Crippen LogP contribution in [0.3, 0.4) is 0 Å². The molecule has 1 aliphatic carbocycles. The van der Waals surface area contributed by atoms with Crippen molar-refractivity contribution in [3.8, 4) is 17.0 Å². The molecule has 2 aromatic carbocycles. The summed E-state index contributed by atoms with van der Waals surface area (Å²) in [5.41, 5.74) is 5.95. The first kappa shape index (κ1) is 20.6. The van der Waals surface area contributed by atoms with Gasteiger partial charge in [0.15, 0.2) is 11.7 Å². The fourth-order valence-electron chi connectivity index (χ4n) is 3.87. The molecule has 4 nitrogen and oxygen atoms in total. The Labute approximate surface area is 182 Å². The van der Waals surface area contributed by atoms with Crippen LogP contribution in [0.1, 0.15) is 50.3 Å². The number of para-hydroxylation sites is 1. The van der Waals surface area contributed by atoms with Crippen LogP contribution in [0.15, 0.2) is 47.8 Å². The first-order valence-electron chi connectivity index (χ1n) is 10.5. The molecular weight excluding hydrogens is 392 g/mol. The Morgan fingerprint density at radius 2 is 1.87 bits per heavy atom. The van der Waals surface area contributed by atoms with Crippen LogP contribution < -0.4 is 10.1 Å². The summed E-state index contributed by atoms with van der Waals surface area (Å²) < 4.78 is 5.82. The quantitative estimate of drug-likeness (QED) is 0.550. The van der Waals surface area contributed by atoms with E-state index < -0.39 is 0 Å². The van der Waals surface area contributed by atoms with Crippen LogP contribution in [0.5, 0.6) is 5.75 Å². The standard InChI is InChI=1S/C25H28N2O2S/c1-25(2,3)20-10-6-7-11-22(20)29-15-23(28)27-24-26-21(16-30-24)19-13-12-17-8-4-5-9-18(17)14-19/h6-7,10-14,16H,4-5,8-9,15H2,1-3H3,(H,26,27,28). The molecule has 156 valence electrons. The van der Waals surface area contributed by atoms with Gasteiger partial charge in [-0.2, -0.15) is 0 Å². The Balaban J connectivity index is 1.39. The minimum Gasteiger partial charge on any atom is -0.483 e. The van der Waals surface area contributed by atoms with E-state index in [1.165, 1.54) is 41.7 Å². The Kier molecular flexibility index (Phi) is 5.91. The Bertz CT molecular complexity index is 1050. The number of benzene rings is 2. The maximum atomic E-state index is 12.4. The summed E-state index contributed by atoms with van der Waals surface area (Å²) in [5.74, 6) is 0.541. The molecule has 0 fully saturated rings. The van der Waals surface area contributed by atoms with Gasteiger partial charge in [0.1, 0.15) is 5.75 Å². The molecule has 1 heterocycles. The minimum absolute atomic E-state index is 0.0408. The Hall–Kier alpha value is -2.66. The number of amides is 1. The number of hydrogen-bond acceptors (Lipinski definition) is 4. The van der Waals surface area contributed by atoms with Crippen molar-refractivity contribution in [1.29, 1.82) is 0 Å². The summed E-state index contributed by atoms with van der Waals surface area (Å²) in [6.45, 7) is 6.36. The summed E-state index contributed by atoms with van der Waals surface area (Å²) in [7, 11) is 0. The van der Waals surface area contributed by atoms with Gasteiger partial charge in [-0.3, -0.25) is 10.1 Å². The molecule has 1 aliphatic rings. The number of thiazole rings is 1. The first-order valence-corrected chi connectivity index (χ1v) is 11.4. The SMILES string of the molecule is CC(C)(C)c1ccccc1OCC(=O)Nc1nc(-c2ccc3c(c2)CCCC3)cs1. The number of nitrogens with zero attached hydrogens (tertiary/aromatic N) is 1. The third-order valence-corrected chi connectivity index (χ3v) is 6.21. The lowest BCUT2D eigenvalue weighted by molar-refractivity contribution is -0.118. The lowest BCUT2D eigenvalue weighted by Gasteiger charge is -2.22. The largest absolute Gasteiger partial charge is 0.483 e. The van der Waals surface area contributed by atoms with Gasteiger partial charge in [0.25, 0.3) is 5.91 Å². The summed E-state index contributed by atoms with van der Waals surface area (Å²) >= 11 is 1.44. The maximum Gasteiger partial charge on any atom is 0.264 e. The highest BCUT2D eigenvalue weighted by atomic mass is 32.1. The van der Waals surface area contributed by atoms with E-state index in [9.17, 15) is 4.79 Å². The van der Waals surface area contributed by atoms with Gasteiger partial charge in [-0.05, 0) is 59.9 Å². The predicted molar refractivity (Wildman–Crippen MR) is 123 cm³/mol. The molecule has 1 amide bonds. The summed E-state index contributed by atoms with van der Waals surface area (Å²) in [5, 5.41) is 5.46. The van der Waals surface area contributed by atoms with Crippen LogP contribution in [-0.4, -0.2) is 17.5 Å². The van der Waals surface area contributed by atoms with E-state index in [-0.39, 0.29) is 17.9 Å². The van der Waals surface area contributed by atoms with Gasteiger partial charge in [-0.25, -0.2) is 4.98 Å². The van der Waals surface area contributed by atoms with Crippen LogP contribution in [0.25, 0.3) is 11.3 Å². The highest BCUT2D eigenvalue weighted by Gasteiger charge is 2.19. The molecule has 4 rings (SSSR count). The molecule has 0 spiro atoms.